The molecule has 1 N–H and O–H groups in total. The summed E-state index contributed by atoms with van der Waals surface area (Å²) < 4.78 is 7.03. The van der Waals surface area contributed by atoms with Crippen molar-refractivity contribution >= 4 is 0 Å². The van der Waals surface area contributed by atoms with Gasteiger partial charge in [0.05, 0.1) is 12.7 Å². The number of benzene rings is 1. The number of pyridine rings is 2. The van der Waals surface area contributed by atoms with Crippen LogP contribution in [-0.4, -0.2) is 12.1 Å². The quantitative estimate of drug-likeness (QED) is 0.668. The minimum absolute atomic E-state index is 0. The number of H-pyrrole nitrogens is 1. The van der Waals surface area contributed by atoms with Crippen molar-refractivity contribution in [3.05, 3.63) is 77.0 Å². The zero-order valence-electron chi connectivity index (χ0n) is 12.9. The van der Waals surface area contributed by atoms with Gasteiger partial charge in [0.1, 0.15) is 5.75 Å². The van der Waals surface area contributed by atoms with Crippen LogP contribution in [0.25, 0.3) is 16.8 Å². The van der Waals surface area contributed by atoms with Crippen molar-refractivity contribution in [2.24, 2.45) is 0 Å². The molecule has 0 radical (unpaired) electrons. The number of nitrogens with zero attached hydrogens (tertiary/aromatic N) is 1. The van der Waals surface area contributed by atoms with E-state index in [9.17, 15) is 4.79 Å². The largest absolute Gasteiger partial charge is 1.00 e. The minimum atomic E-state index is -0.109. The number of aromatic nitrogens is 2. The highest BCUT2D eigenvalue weighted by Crippen LogP contribution is 2.24. The molecule has 2 heterocycles. The van der Waals surface area contributed by atoms with Gasteiger partial charge in [-0.15, -0.1) is 0 Å². The summed E-state index contributed by atoms with van der Waals surface area (Å²) in [6, 6.07) is 15.4. The van der Waals surface area contributed by atoms with E-state index in [1.165, 1.54) is 0 Å². The van der Waals surface area contributed by atoms with Gasteiger partial charge in [0.2, 0.25) is 0 Å². The Hall–Kier alpha value is -2.59. The molecule has 2 aromatic heterocycles. The van der Waals surface area contributed by atoms with Gasteiger partial charge in [-0.3, -0.25) is 4.79 Å². The Morgan fingerprint density at radius 1 is 1.04 bits per heavy atom. The number of aryl methyl sites for hydroxylation is 1. The molecule has 118 valence electrons. The third kappa shape index (κ3) is 3.43. The van der Waals surface area contributed by atoms with Crippen LogP contribution >= 0.6 is 0 Å². The standard InChI is InChI=1S/C18H16N2O2.ClH/c1-13-12-16(14-6-8-15(22-2)9-7-14)17(18(21)19-13)20-10-4-3-5-11-20;/h3-12H,1-2H3;1H. The van der Waals surface area contributed by atoms with Gasteiger partial charge in [0.25, 0.3) is 5.69 Å². The molecule has 3 rings (SSSR count). The van der Waals surface area contributed by atoms with Crippen molar-refractivity contribution in [2.45, 2.75) is 6.92 Å². The lowest BCUT2D eigenvalue weighted by atomic mass is 10.0. The summed E-state index contributed by atoms with van der Waals surface area (Å²) in [4.78, 5) is 15.3. The van der Waals surface area contributed by atoms with Crippen LogP contribution in [0.3, 0.4) is 0 Å². The molecule has 0 bridgehead atoms. The fourth-order valence-electron chi connectivity index (χ4n) is 2.48. The van der Waals surface area contributed by atoms with E-state index in [4.69, 9.17) is 4.74 Å². The number of methoxy groups -OCH3 is 1. The van der Waals surface area contributed by atoms with Crippen molar-refractivity contribution in [3.8, 4) is 22.6 Å². The molecule has 0 aliphatic rings. The highest BCUT2D eigenvalue weighted by Gasteiger charge is 2.19. The van der Waals surface area contributed by atoms with Gasteiger partial charge >= 0.3 is 5.56 Å². The van der Waals surface area contributed by atoms with Gasteiger partial charge in [-0.1, -0.05) is 18.2 Å². The third-order valence-electron chi connectivity index (χ3n) is 3.52. The molecule has 3 aromatic rings. The molecule has 23 heavy (non-hydrogen) atoms. The Morgan fingerprint density at radius 3 is 2.30 bits per heavy atom. The Labute approximate surface area is 140 Å². The predicted octanol–water partition coefficient (Wildman–Crippen LogP) is -0.360. The average molecular weight is 329 g/mol. The molecule has 0 unspecified atom stereocenters. The summed E-state index contributed by atoms with van der Waals surface area (Å²) in [6.07, 6.45) is 3.74. The average Bonchev–Trinajstić information content (AvgIpc) is 2.55. The Bertz CT molecular complexity index is 843. The molecular weight excluding hydrogens is 312 g/mol. The first-order valence-corrected chi connectivity index (χ1v) is 7.04. The zero-order chi connectivity index (χ0) is 15.5. The normalized spacial score (nSPS) is 10.0. The first-order valence-electron chi connectivity index (χ1n) is 7.04. The Balaban J connectivity index is 0.00000192. The fraction of sp³-hybridized carbons (Fsp3) is 0.111. The van der Waals surface area contributed by atoms with E-state index in [-0.39, 0.29) is 18.0 Å². The molecule has 1 aromatic carbocycles. The summed E-state index contributed by atoms with van der Waals surface area (Å²) in [5.41, 5.74) is 3.19. The lowest BCUT2D eigenvalue weighted by Crippen LogP contribution is -3.00. The molecule has 0 spiro atoms. The second kappa shape index (κ2) is 7.11. The summed E-state index contributed by atoms with van der Waals surface area (Å²) >= 11 is 0. The predicted molar refractivity (Wildman–Crippen MR) is 85.3 cm³/mol. The number of halogens is 1. The molecule has 0 fully saturated rings. The summed E-state index contributed by atoms with van der Waals surface area (Å²) in [5.74, 6) is 0.791. The number of nitrogens with one attached hydrogen (secondary N) is 1. The summed E-state index contributed by atoms with van der Waals surface area (Å²) in [6.45, 7) is 1.88. The van der Waals surface area contributed by atoms with Crippen molar-refractivity contribution < 1.29 is 21.7 Å². The van der Waals surface area contributed by atoms with Crippen molar-refractivity contribution in [3.63, 3.8) is 0 Å². The fourth-order valence-corrected chi connectivity index (χ4v) is 2.48. The molecule has 0 amide bonds. The van der Waals surface area contributed by atoms with Crippen LogP contribution in [-0.2, 0) is 0 Å². The van der Waals surface area contributed by atoms with E-state index in [1.54, 1.807) is 7.11 Å². The van der Waals surface area contributed by atoms with Crippen molar-refractivity contribution in [2.75, 3.05) is 7.11 Å². The molecule has 0 atom stereocenters. The number of rotatable bonds is 3. The molecule has 5 heteroatoms. The Kier molecular flexibility index (Phi) is 5.19. The second-order valence-corrected chi connectivity index (χ2v) is 5.06. The van der Waals surface area contributed by atoms with Crippen LogP contribution in [0.5, 0.6) is 5.75 Å². The van der Waals surface area contributed by atoms with E-state index in [0.717, 1.165) is 22.6 Å². The molecule has 4 nitrogen and oxygen atoms in total. The second-order valence-electron chi connectivity index (χ2n) is 5.06. The van der Waals surface area contributed by atoms with Crippen LogP contribution in [0.15, 0.2) is 65.7 Å². The van der Waals surface area contributed by atoms with E-state index >= 15 is 0 Å². The lowest BCUT2D eigenvalue weighted by Gasteiger charge is -2.07. The Morgan fingerprint density at radius 2 is 1.70 bits per heavy atom. The summed E-state index contributed by atoms with van der Waals surface area (Å²) in [7, 11) is 1.64. The number of hydrogen-bond donors (Lipinski definition) is 1. The van der Waals surface area contributed by atoms with Crippen molar-refractivity contribution in [1.82, 2.24) is 4.98 Å². The SMILES string of the molecule is COc1ccc(-c2cc(C)[nH]c(=O)c2-[n+]2ccccc2)cc1.[Cl-]. The maximum atomic E-state index is 12.5. The van der Waals surface area contributed by atoms with E-state index in [0.29, 0.717) is 5.69 Å². The van der Waals surface area contributed by atoms with Gasteiger partial charge < -0.3 is 22.1 Å². The van der Waals surface area contributed by atoms with Crippen molar-refractivity contribution in [1.29, 1.82) is 0 Å². The third-order valence-corrected chi connectivity index (χ3v) is 3.52. The lowest BCUT2D eigenvalue weighted by molar-refractivity contribution is -0.596. The van der Waals surface area contributed by atoms with E-state index in [1.807, 2.05) is 72.4 Å². The monoisotopic (exact) mass is 328 g/mol. The van der Waals surface area contributed by atoms with Gasteiger partial charge in [0.15, 0.2) is 12.4 Å². The van der Waals surface area contributed by atoms with Crippen LogP contribution in [0.4, 0.5) is 0 Å². The first-order chi connectivity index (χ1) is 10.7. The number of ether oxygens (including phenoxy) is 1. The highest BCUT2D eigenvalue weighted by molar-refractivity contribution is 5.70. The maximum Gasteiger partial charge on any atom is 0.321 e. The van der Waals surface area contributed by atoms with Crippen LogP contribution < -0.4 is 27.3 Å². The van der Waals surface area contributed by atoms with Gasteiger partial charge in [-0.2, -0.15) is 4.57 Å². The number of aromatic amines is 1. The van der Waals surface area contributed by atoms with Gasteiger partial charge in [-0.25, -0.2) is 0 Å². The molecule has 0 saturated heterocycles. The minimum Gasteiger partial charge on any atom is -1.00 e. The van der Waals surface area contributed by atoms with E-state index < -0.39 is 0 Å². The summed E-state index contributed by atoms with van der Waals surface area (Å²) in [5, 5.41) is 0. The van der Waals surface area contributed by atoms with Crippen LogP contribution in [0.1, 0.15) is 5.69 Å². The first kappa shape index (κ1) is 16.8. The molecule has 0 aliphatic carbocycles. The number of hydrogen-bond acceptors (Lipinski definition) is 2. The molecule has 0 saturated carbocycles. The topological polar surface area (TPSA) is 46.0 Å². The van der Waals surface area contributed by atoms with Crippen LogP contribution in [0.2, 0.25) is 0 Å². The smallest absolute Gasteiger partial charge is 0.321 e. The zero-order valence-corrected chi connectivity index (χ0v) is 13.7. The van der Waals surface area contributed by atoms with E-state index in [2.05, 4.69) is 4.98 Å². The maximum absolute atomic E-state index is 12.5. The van der Waals surface area contributed by atoms with Crippen LogP contribution in [0, 0.1) is 6.92 Å². The highest BCUT2D eigenvalue weighted by atomic mass is 35.5. The molecule has 0 aliphatic heterocycles. The van der Waals surface area contributed by atoms with Gasteiger partial charge in [-0.05, 0) is 30.7 Å². The molecular formula is C18H17ClN2O2. The van der Waals surface area contributed by atoms with Gasteiger partial charge in [0, 0.05) is 17.8 Å².